The molecule has 1 aliphatic carbocycles. The molecule has 0 bridgehead atoms. The van der Waals surface area contributed by atoms with Crippen LogP contribution in [0.1, 0.15) is 51.9 Å². The average Bonchev–Trinajstić information content (AvgIpc) is 2.29. The molecular weight excluding hydrogens is 202 g/mol. The van der Waals surface area contributed by atoms with Crippen LogP contribution >= 0.6 is 0 Å². The molecule has 1 aliphatic rings. The molecule has 1 atom stereocenters. The van der Waals surface area contributed by atoms with Crippen LogP contribution in [-0.4, -0.2) is 23.7 Å². The van der Waals surface area contributed by atoms with E-state index in [1.807, 2.05) is 6.92 Å². The summed E-state index contributed by atoms with van der Waals surface area (Å²) in [5.41, 5.74) is 1.28. The van der Waals surface area contributed by atoms with Gasteiger partial charge < -0.3 is 10.4 Å². The first-order valence-corrected chi connectivity index (χ1v) is 6.34. The minimum Gasteiger partial charge on any atom is -0.396 e. The summed E-state index contributed by atoms with van der Waals surface area (Å²) < 4.78 is 0. The number of allylic oxidation sites excluding steroid dienone is 1. The maximum atomic E-state index is 11.7. The number of amides is 1. The van der Waals surface area contributed by atoms with Crippen molar-refractivity contribution in [3.63, 3.8) is 0 Å². The molecule has 1 unspecified atom stereocenters. The van der Waals surface area contributed by atoms with E-state index >= 15 is 0 Å². The number of carbonyl (C=O) groups excluding carboxylic acids is 1. The highest BCUT2D eigenvalue weighted by Crippen LogP contribution is 2.19. The first kappa shape index (κ1) is 13.2. The predicted molar refractivity (Wildman–Crippen MR) is 65.1 cm³/mol. The maximum absolute atomic E-state index is 11.7. The van der Waals surface area contributed by atoms with Crippen LogP contribution in [0.3, 0.4) is 0 Å². The maximum Gasteiger partial charge on any atom is 0.224 e. The van der Waals surface area contributed by atoms with Gasteiger partial charge in [-0.05, 0) is 38.5 Å². The molecule has 0 aromatic carbocycles. The van der Waals surface area contributed by atoms with Gasteiger partial charge >= 0.3 is 0 Å². The van der Waals surface area contributed by atoms with E-state index < -0.39 is 0 Å². The van der Waals surface area contributed by atoms with Crippen LogP contribution in [0.25, 0.3) is 0 Å². The lowest BCUT2D eigenvalue weighted by atomic mass is 9.97. The third-order valence-electron chi connectivity index (χ3n) is 3.11. The summed E-state index contributed by atoms with van der Waals surface area (Å²) in [6, 6.07) is 0.127. The molecule has 0 spiro atoms. The van der Waals surface area contributed by atoms with Crippen LogP contribution in [0, 0.1) is 0 Å². The summed E-state index contributed by atoms with van der Waals surface area (Å²) in [4.78, 5) is 11.7. The molecule has 0 fully saturated rings. The molecule has 16 heavy (non-hydrogen) atoms. The Hall–Kier alpha value is -0.830. The normalized spacial score (nSPS) is 17.8. The Labute approximate surface area is 97.9 Å². The number of carbonyl (C=O) groups is 1. The zero-order valence-electron chi connectivity index (χ0n) is 10.2. The van der Waals surface area contributed by atoms with Gasteiger partial charge in [0, 0.05) is 19.1 Å². The predicted octanol–water partition coefficient (Wildman–Crippen LogP) is 2.15. The van der Waals surface area contributed by atoms with Crippen LogP contribution < -0.4 is 5.32 Å². The molecule has 0 radical (unpaired) electrons. The van der Waals surface area contributed by atoms with Crippen LogP contribution in [0.4, 0.5) is 0 Å². The minimum atomic E-state index is 0.105. The number of hydrogen-bond acceptors (Lipinski definition) is 2. The third kappa shape index (κ3) is 4.79. The lowest BCUT2D eigenvalue weighted by Gasteiger charge is -2.17. The molecule has 0 heterocycles. The highest BCUT2D eigenvalue weighted by Gasteiger charge is 2.12. The van der Waals surface area contributed by atoms with Crippen molar-refractivity contribution in [2.75, 3.05) is 6.61 Å². The van der Waals surface area contributed by atoms with Crippen molar-refractivity contribution in [1.29, 1.82) is 0 Å². The van der Waals surface area contributed by atoms with E-state index in [1.165, 1.54) is 18.4 Å². The lowest BCUT2D eigenvalue weighted by Crippen LogP contribution is -2.35. The standard InChI is InChI=1S/C13H23NO2/c1-2-12(8-9-15)14-13(16)10-11-6-4-3-5-7-11/h6,12,15H,2-5,7-10H2,1H3,(H,14,16). The van der Waals surface area contributed by atoms with Crippen LogP contribution in [0.2, 0.25) is 0 Å². The van der Waals surface area contributed by atoms with Crippen LogP contribution in [0.15, 0.2) is 11.6 Å². The molecule has 1 amide bonds. The quantitative estimate of drug-likeness (QED) is 0.680. The molecule has 0 aromatic rings. The van der Waals surface area contributed by atoms with Crippen LogP contribution in [-0.2, 0) is 4.79 Å². The van der Waals surface area contributed by atoms with Crippen molar-refractivity contribution in [2.24, 2.45) is 0 Å². The van der Waals surface area contributed by atoms with Crippen molar-refractivity contribution in [1.82, 2.24) is 5.32 Å². The van der Waals surface area contributed by atoms with E-state index in [2.05, 4.69) is 11.4 Å². The zero-order chi connectivity index (χ0) is 11.8. The molecule has 1 rings (SSSR count). The van der Waals surface area contributed by atoms with Gasteiger partial charge in [-0.3, -0.25) is 4.79 Å². The van der Waals surface area contributed by atoms with E-state index in [0.29, 0.717) is 12.8 Å². The van der Waals surface area contributed by atoms with Crippen LogP contribution in [0.5, 0.6) is 0 Å². The second-order valence-corrected chi connectivity index (χ2v) is 4.47. The molecule has 92 valence electrons. The van der Waals surface area contributed by atoms with Gasteiger partial charge in [0.05, 0.1) is 0 Å². The first-order valence-electron chi connectivity index (χ1n) is 6.34. The molecule has 0 aromatic heterocycles. The second-order valence-electron chi connectivity index (χ2n) is 4.47. The molecule has 0 aliphatic heterocycles. The van der Waals surface area contributed by atoms with Crippen molar-refractivity contribution < 1.29 is 9.90 Å². The second kappa shape index (κ2) is 7.44. The smallest absolute Gasteiger partial charge is 0.224 e. The fourth-order valence-corrected chi connectivity index (χ4v) is 2.08. The SMILES string of the molecule is CCC(CCO)NC(=O)CC1=CCCCC1. The van der Waals surface area contributed by atoms with Gasteiger partial charge in [0.15, 0.2) is 0 Å². The monoisotopic (exact) mass is 225 g/mol. The van der Waals surface area contributed by atoms with Crippen molar-refractivity contribution in [3.05, 3.63) is 11.6 Å². The number of aliphatic hydroxyl groups excluding tert-OH is 1. The molecule has 0 saturated carbocycles. The zero-order valence-corrected chi connectivity index (χ0v) is 10.2. The van der Waals surface area contributed by atoms with E-state index in [1.54, 1.807) is 0 Å². The molecule has 3 heteroatoms. The Morgan fingerprint density at radius 3 is 2.94 bits per heavy atom. The largest absolute Gasteiger partial charge is 0.396 e. The van der Waals surface area contributed by atoms with Gasteiger partial charge in [-0.25, -0.2) is 0 Å². The average molecular weight is 225 g/mol. The van der Waals surface area contributed by atoms with Crippen molar-refractivity contribution >= 4 is 5.91 Å². The van der Waals surface area contributed by atoms with Gasteiger partial charge in [0.2, 0.25) is 5.91 Å². The number of aliphatic hydroxyl groups is 1. The Balaban J connectivity index is 2.31. The fraction of sp³-hybridized carbons (Fsp3) is 0.769. The van der Waals surface area contributed by atoms with E-state index in [-0.39, 0.29) is 18.6 Å². The molecule has 3 nitrogen and oxygen atoms in total. The molecule has 0 saturated heterocycles. The summed E-state index contributed by atoms with van der Waals surface area (Å²) in [7, 11) is 0. The summed E-state index contributed by atoms with van der Waals surface area (Å²) in [5, 5.41) is 11.8. The Bertz CT molecular complexity index is 248. The summed E-state index contributed by atoms with van der Waals surface area (Å²) in [6.07, 6.45) is 8.95. The highest BCUT2D eigenvalue weighted by molar-refractivity contribution is 5.78. The molecular formula is C13H23NO2. The first-order chi connectivity index (χ1) is 7.76. The van der Waals surface area contributed by atoms with Crippen molar-refractivity contribution in [3.8, 4) is 0 Å². The number of hydrogen-bond donors (Lipinski definition) is 2. The minimum absolute atomic E-state index is 0.105. The Kier molecular flexibility index (Phi) is 6.16. The molecule has 2 N–H and O–H groups in total. The summed E-state index contributed by atoms with van der Waals surface area (Å²) in [6.45, 7) is 2.17. The number of nitrogens with one attached hydrogen (secondary N) is 1. The highest BCUT2D eigenvalue weighted by atomic mass is 16.3. The number of rotatable bonds is 6. The topological polar surface area (TPSA) is 49.3 Å². The van der Waals surface area contributed by atoms with E-state index in [4.69, 9.17) is 5.11 Å². The Morgan fingerprint density at radius 1 is 1.56 bits per heavy atom. The summed E-state index contributed by atoms with van der Waals surface area (Å²) in [5.74, 6) is 0.105. The van der Waals surface area contributed by atoms with Gasteiger partial charge in [-0.1, -0.05) is 18.6 Å². The fourth-order valence-electron chi connectivity index (χ4n) is 2.08. The van der Waals surface area contributed by atoms with Gasteiger partial charge in [0.25, 0.3) is 0 Å². The van der Waals surface area contributed by atoms with Gasteiger partial charge in [-0.15, -0.1) is 0 Å². The van der Waals surface area contributed by atoms with E-state index in [0.717, 1.165) is 19.3 Å². The van der Waals surface area contributed by atoms with Gasteiger partial charge in [0.1, 0.15) is 0 Å². The van der Waals surface area contributed by atoms with Gasteiger partial charge in [-0.2, -0.15) is 0 Å². The third-order valence-corrected chi connectivity index (χ3v) is 3.11. The van der Waals surface area contributed by atoms with E-state index in [9.17, 15) is 4.79 Å². The Morgan fingerprint density at radius 2 is 2.38 bits per heavy atom. The lowest BCUT2D eigenvalue weighted by molar-refractivity contribution is -0.121. The summed E-state index contributed by atoms with van der Waals surface area (Å²) >= 11 is 0. The van der Waals surface area contributed by atoms with Crippen molar-refractivity contribution in [2.45, 2.75) is 57.9 Å².